The zero-order chi connectivity index (χ0) is 22.0. The first-order valence-corrected chi connectivity index (χ1v) is 11.0. The summed E-state index contributed by atoms with van der Waals surface area (Å²) in [5.74, 6) is 2.91. The number of nitrogens with zero attached hydrogens (tertiary/aromatic N) is 4. The first-order chi connectivity index (χ1) is 14.8. The number of anilines is 1. The molecule has 0 radical (unpaired) electrons. The lowest BCUT2D eigenvalue weighted by molar-refractivity contribution is 0.459. The van der Waals surface area contributed by atoms with E-state index in [1.54, 1.807) is 61.7 Å². The van der Waals surface area contributed by atoms with E-state index in [1.165, 1.54) is 0 Å². The molecule has 0 fully saturated rings. The molecule has 0 aliphatic carbocycles. The average molecular weight is 436 g/mol. The average Bonchev–Trinajstić information content (AvgIpc) is 3.15. The summed E-state index contributed by atoms with van der Waals surface area (Å²) in [6.45, 7) is 5.51. The molecule has 0 spiro atoms. The number of hydrogen-bond acceptors (Lipinski definition) is 6. The van der Waals surface area contributed by atoms with Crippen LogP contribution >= 0.6 is 0 Å². The second-order valence-electron chi connectivity index (χ2n) is 7.00. The van der Waals surface area contributed by atoms with Crippen molar-refractivity contribution >= 4 is 15.7 Å². The van der Waals surface area contributed by atoms with Gasteiger partial charge in [0, 0.05) is 24.1 Å². The highest BCUT2D eigenvalue weighted by molar-refractivity contribution is 7.92. The maximum Gasteiger partial charge on any atom is 0.261 e. The topological polar surface area (TPSA) is 99.0 Å². The van der Waals surface area contributed by atoms with Crippen molar-refractivity contribution in [3.05, 3.63) is 84.2 Å². The molecule has 9 heteroatoms. The fourth-order valence-corrected chi connectivity index (χ4v) is 4.19. The number of sulfonamides is 1. The van der Waals surface area contributed by atoms with Crippen LogP contribution in [0.1, 0.15) is 17.2 Å². The first kappa shape index (κ1) is 20.5. The molecule has 0 atom stereocenters. The molecular formula is C22H21N5O3S. The lowest BCUT2D eigenvalue weighted by atomic mass is 10.2. The van der Waals surface area contributed by atoms with Gasteiger partial charge in [0.25, 0.3) is 10.0 Å². The van der Waals surface area contributed by atoms with E-state index in [0.717, 1.165) is 11.4 Å². The highest BCUT2D eigenvalue weighted by atomic mass is 32.2. The highest BCUT2D eigenvalue weighted by Gasteiger charge is 2.14. The van der Waals surface area contributed by atoms with Gasteiger partial charge >= 0.3 is 0 Å². The molecule has 0 aliphatic heterocycles. The van der Waals surface area contributed by atoms with E-state index in [1.807, 2.05) is 30.7 Å². The fourth-order valence-electron chi connectivity index (χ4n) is 3.03. The first-order valence-electron chi connectivity index (χ1n) is 9.53. The van der Waals surface area contributed by atoms with Crippen LogP contribution in [0.2, 0.25) is 0 Å². The van der Waals surface area contributed by atoms with Crippen LogP contribution < -0.4 is 9.46 Å². The second-order valence-corrected chi connectivity index (χ2v) is 8.69. The third-order valence-electron chi connectivity index (χ3n) is 4.50. The summed E-state index contributed by atoms with van der Waals surface area (Å²) in [5.41, 5.74) is 1.31. The van der Waals surface area contributed by atoms with Gasteiger partial charge in [-0.1, -0.05) is 12.1 Å². The molecule has 2 aromatic carbocycles. The van der Waals surface area contributed by atoms with Crippen molar-refractivity contribution in [2.75, 3.05) is 4.72 Å². The number of imidazole rings is 1. The van der Waals surface area contributed by atoms with Gasteiger partial charge in [-0.25, -0.2) is 18.4 Å². The van der Waals surface area contributed by atoms with E-state index in [-0.39, 0.29) is 4.90 Å². The molecule has 158 valence electrons. The van der Waals surface area contributed by atoms with Crippen LogP contribution in [-0.2, 0) is 10.0 Å². The number of benzene rings is 2. The zero-order valence-corrected chi connectivity index (χ0v) is 18.1. The van der Waals surface area contributed by atoms with Gasteiger partial charge in [-0.05, 0) is 62.7 Å². The third-order valence-corrected chi connectivity index (χ3v) is 5.88. The molecular weight excluding hydrogens is 414 g/mol. The Bertz CT molecular complexity index is 1330. The third kappa shape index (κ3) is 4.72. The second kappa shape index (κ2) is 8.19. The van der Waals surface area contributed by atoms with Crippen LogP contribution in [0.25, 0.3) is 5.82 Å². The molecule has 4 rings (SSSR count). The summed E-state index contributed by atoms with van der Waals surface area (Å²) in [5, 5.41) is 0. The van der Waals surface area contributed by atoms with Gasteiger partial charge in [0.05, 0.1) is 4.90 Å². The van der Waals surface area contributed by atoms with Crippen molar-refractivity contribution in [1.82, 2.24) is 19.5 Å². The highest BCUT2D eigenvalue weighted by Crippen LogP contribution is 2.25. The number of rotatable bonds is 6. The van der Waals surface area contributed by atoms with E-state index in [4.69, 9.17) is 4.74 Å². The van der Waals surface area contributed by atoms with Gasteiger partial charge < -0.3 is 4.74 Å². The number of ether oxygens (including phenoxy) is 1. The Labute approximate surface area is 180 Å². The van der Waals surface area contributed by atoms with Crippen LogP contribution in [0, 0.1) is 20.8 Å². The summed E-state index contributed by atoms with van der Waals surface area (Å²) in [4.78, 5) is 13.2. The minimum Gasteiger partial charge on any atom is -0.439 e. The van der Waals surface area contributed by atoms with E-state index in [9.17, 15) is 8.42 Å². The van der Waals surface area contributed by atoms with E-state index in [0.29, 0.717) is 29.0 Å². The summed E-state index contributed by atoms with van der Waals surface area (Å²) in [7, 11) is -3.67. The Kier molecular flexibility index (Phi) is 5.43. The predicted molar refractivity (Wildman–Crippen MR) is 117 cm³/mol. The largest absolute Gasteiger partial charge is 0.439 e. The fraction of sp³-hybridized carbons (Fsp3) is 0.136. The summed E-state index contributed by atoms with van der Waals surface area (Å²) in [6, 6.07) is 15.1. The number of aryl methyl sites for hydroxylation is 3. The Hall–Kier alpha value is -3.72. The molecule has 0 amide bonds. The van der Waals surface area contributed by atoms with Crippen LogP contribution in [0.4, 0.5) is 5.69 Å². The molecule has 0 saturated carbocycles. The van der Waals surface area contributed by atoms with Gasteiger partial charge in [0.1, 0.15) is 23.2 Å². The molecule has 2 heterocycles. The van der Waals surface area contributed by atoms with E-state index < -0.39 is 10.0 Å². The van der Waals surface area contributed by atoms with Gasteiger partial charge in [0.2, 0.25) is 5.88 Å². The maximum atomic E-state index is 12.6. The van der Waals surface area contributed by atoms with Crippen LogP contribution in [0.3, 0.4) is 0 Å². The van der Waals surface area contributed by atoms with Crippen molar-refractivity contribution in [1.29, 1.82) is 0 Å². The van der Waals surface area contributed by atoms with Gasteiger partial charge in [-0.15, -0.1) is 0 Å². The van der Waals surface area contributed by atoms with Crippen molar-refractivity contribution in [2.24, 2.45) is 0 Å². The number of hydrogen-bond donors (Lipinski definition) is 1. The molecule has 31 heavy (non-hydrogen) atoms. The molecule has 2 aromatic heterocycles. The minimum atomic E-state index is -3.67. The van der Waals surface area contributed by atoms with E-state index in [2.05, 4.69) is 19.7 Å². The van der Waals surface area contributed by atoms with Crippen molar-refractivity contribution in [3.8, 4) is 17.4 Å². The Morgan fingerprint density at radius 2 is 1.74 bits per heavy atom. The van der Waals surface area contributed by atoms with Crippen molar-refractivity contribution < 1.29 is 13.2 Å². The van der Waals surface area contributed by atoms with Crippen molar-refractivity contribution in [3.63, 3.8) is 0 Å². The number of nitrogens with one attached hydrogen (secondary N) is 1. The molecule has 8 nitrogen and oxygen atoms in total. The van der Waals surface area contributed by atoms with E-state index >= 15 is 0 Å². The van der Waals surface area contributed by atoms with Gasteiger partial charge in [-0.3, -0.25) is 9.29 Å². The Morgan fingerprint density at radius 1 is 0.968 bits per heavy atom. The SMILES string of the molecule is Cc1cccc(S(=O)(=O)Nc2ccc(Oc3cc(-n4ccnc4C)nc(C)n3)cc2)c1. The van der Waals surface area contributed by atoms with Gasteiger partial charge in [0.15, 0.2) is 0 Å². The van der Waals surface area contributed by atoms with Gasteiger partial charge in [-0.2, -0.15) is 4.98 Å². The smallest absolute Gasteiger partial charge is 0.261 e. The molecule has 1 N–H and O–H groups in total. The molecule has 0 bridgehead atoms. The lowest BCUT2D eigenvalue weighted by Gasteiger charge is -2.11. The molecule has 0 aliphatic rings. The quantitative estimate of drug-likeness (QED) is 0.488. The Morgan fingerprint density at radius 3 is 2.42 bits per heavy atom. The van der Waals surface area contributed by atoms with Crippen LogP contribution in [-0.4, -0.2) is 27.9 Å². The molecule has 0 saturated heterocycles. The summed E-state index contributed by atoms with van der Waals surface area (Å²) < 4.78 is 35.4. The Balaban J connectivity index is 1.52. The summed E-state index contributed by atoms with van der Waals surface area (Å²) >= 11 is 0. The van der Waals surface area contributed by atoms with Crippen LogP contribution in [0.5, 0.6) is 11.6 Å². The van der Waals surface area contributed by atoms with Crippen molar-refractivity contribution in [2.45, 2.75) is 25.7 Å². The number of aromatic nitrogens is 4. The molecule has 4 aromatic rings. The minimum absolute atomic E-state index is 0.214. The maximum absolute atomic E-state index is 12.6. The zero-order valence-electron chi connectivity index (χ0n) is 17.3. The molecule has 0 unspecified atom stereocenters. The standard InChI is InChI=1S/C22H21N5O3S/c1-15-5-4-6-20(13-15)31(28,29)26-18-7-9-19(10-8-18)30-22-14-21(24-16(2)25-22)27-12-11-23-17(27)3/h4-14,26H,1-3H3. The van der Waals surface area contributed by atoms with Crippen LogP contribution in [0.15, 0.2) is 71.9 Å². The normalized spacial score (nSPS) is 11.3. The predicted octanol–water partition coefficient (Wildman–Crippen LogP) is 4.18. The lowest BCUT2D eigenvalue weighted by Crippen LogP contribution is -2.12. The monoisotopic (exact) mass is 435 g/mol. The summed E-state index contributed by atoms with van der Waals surface area (Å²) in [6.07, 6.45) is 3.51.